The molecule has 5 nitrogen and oxygen atoms in total. The van der Waals surface area contributed by atoms with Crippen LogP contribution in [-0.4, -0.2) is 39.2 Å². The molecule has 0 N–H and O–H groups in total. The maximum atomic E-state index is 12.6. The monoisotopic (exact) mass is 397 g/mol. The van der Waals surface area contributed by atoms with E-state index in [2.05, 4.69) is 0 Å². The molecule has 0 fully saturated rings. The first kappa shape index (κ1) is 21.4. The van der Waals surface area contributed by atoms with E-state index in [1.807, 2.05) is 0 Å². The molecule has 0 bridgehead atoms. The summed E-state index contributed by atoms with van der Waals surface area (Å²) in [6.07, 6.45) is -4.30. The second kappa shape index (κ2) is 8.86. The Hall–Kier alpha value is -2.90. The summed E-state index contributed by atoms with van der Waals surface area (Å²) in [6, 6.07) is 8.12. The Morgan fingerprint density at radius 3 is 1.89 bits per heavy atom. The lowest BCUT2D eigenvalue weighted by Gasteiger charge is -2.19. The topological polar surface area (TPSA) is 48.0 Å². The molecule has 2 aromatic rings. The third kappa shape index (κ3) is 5.09. The van der Waals surface area contributed by atoms with Crippen LogP contribution in [0, 0.1) is 0 Å². The largest absolute Gasteiger partial charge is 0.493 e. The van der Waals surface area contributed by atoms with Crippen LogP contribution < -0.4 is 14.2 Å². The molecule has 0 radical (unpaired) electrons. The molecule has 0 heterocycles. The molecule has 1 amide bonds. The minimum Gasteiger partial charge on any atom is -0.493 e. The fourth-order valence-corrected chi connectivity index (χ4v) is 2.71. The number of halogens is 3. The van der Waals surface area contributed by atoms with Gasteiger partial charge >= 0.3 is 6.18 Å². The van der Waals surface area contributed by atoms with Crippen molar-refractivity contribution >= 4 is 5.91 Å². The number of ether oxygens (including phenoxy) is 3. The van der Waals surface area contributed by atoms with Crippen molar-refractivity contribution in [3.8, 4) is 17.2 Å². The van der Waals surface area contributed by atoms with Crippen LogP contribution in [0.5, 0.6) is 17.2 Å². The number of carbonyl (C=O) groups is 1. The van der Waals surface area contributed by atoms with Gasteiger partial charge in [-0.25, -0.2) is 0 Å². The third-order valence-corrected chi connectivity index (χ3v) is 4.21. The highest BCUT2D eigenvalue weighted by Crippen LogP contribution is 2.38. The van der Waals surface area contributed by atoms with E-state index in [1.54, 1.807) is 19.2 Å². The zero-order valence-electron chi connectivity index (χ0n) is 16.1. The van der Waals surface area contributed by atoms with Crippen LogP contribution in [0.15, 0.2) is 36.4 Å². The first-order chi connectivity index (χ1) is 13.2. The highest BCUT2D eigenvalue weighted by atomic mass is 19.4. The molecule has 8 heteroatoms. The number of hydrogen-bond donors (Lipinski definition) is 0. The van der Waals surface area contributed by atoms with E-state index in [-0.39, 0.29) is 18.9 Å². The minimum absolute atomic E-state index is 0.0772. The Morgan fingerprint density at radius 1 is 0.929 bits per heavy atom. The molecular formula is C20H22F3NO4. The van der Waals surface area contributed by atoms with Gasteiger partial charge in [-0.2, -0.15) is 13.2 Å². The van der Waals surface area contributed by atoms with Gasteiger partial charge in [0.1, 0.15) is 0 Å². The molecule has 0 unspecified atom stereocenters. The smallest absolute Gasteiger partial charge is 0.416 e. The van der Waals surface area contributed by atoms with E-state index in [4.69, 9.17) is 14.2 Å². The number of methoxy groups -OCH3 is 3. The average Bonchev–Trinajstić information content (AvgIpc) is 2.66. The van der Waals surface area contributed by atoms with Gasteiger partial charge in [0.2, 0.25) is 11.7 Å². The summed E-state index contributed by atoms with van der Waals surface area (Å²) in [5.74, 6) is 1.11. The highest BCUT2D eigenvalue weighted by Gasteiger charge is 2.30. The zero-order chi connectivity index (χ0) is 20.9. The van der Waals surface area contributed by atoms with Crippen molar-refractivity contribution in [3.63, 3.8) is 0 Å². The van der Waals surface area contributed by atoms with E-state index < -0.39 is 11.7 Å². The molecule has 2 rings (SSSR count). The molecule has 0 saturated heterocycles. The van der Waals surface area contributed by atoms with Crippen molar-refractivity contribution in [1.82, 2.24) is 4.90 Å². The van der Waals surface area contributed by atoms with Crippen LogP contribution in [0.1, 0.15) is 16.7 Å². The maximum Gasteiger partial charge on any atom is 0.416 e. The van der Waals surface area contributed by atoms with Crippen LogP contribution >= 0.6 is 0 Å². The van der Waals surface area contributed by atoms with Gasteiger partial charge in [-0.3, -0.25) is 4.79 Å². The van der Waals surface area contributed by atoms with Crippen molar-refractivity contribution in [1.29, 1.82) is 0 Å². The molecule has 0 atom stereocenters. The molecule has 2 aromatic carbocycles. The SMILES string of the molecule is COc1cc(CC(=O)N(C)Cc2ccc(C(F)(F)F)cc2)cc(OC)c1OC. The quantitative estimate of drug-likeness (QED) is 0.710. The standard InChI is InChI=1S/C20H22F3NO4/c1-24(12-13-5-7-15(8-6-13)20(21,22)23)18(25)11-14-9-16(26-2)19(28-4)17(10-14)27-3/h5-10H,11-12H2,1-4H3. The molecular weight excluding hydrogens is 375 g/mol. The third-order valence-electron chi connectivity index (χ3n) is 4.21. The fraction of sp³-hybridized carbons (Fsp3) is 0.350. The van der Waals surface area contributed by atoms with Gasteiger partial charge in [0, 0.05) is 13.6 Å². The molecule has 0 aliphatic heterocycles. The molecule has 28 heavy (non-hydrogen) atoms. The number of amides is 1. The van der Waals surface area contributed by atoms with Gasteiger partial charge in [0.25, 0.3) is 0 Å². The van der Waals surface area contributed by atoms with Gasteiger partial charge in [0.05, 0.1) is 33.3 Å². The maximum absolute atomic E-state index is 12.6. The molecule has 0 aromatic heterocycles. The molecule has 0 aliphatic carbocycles. The van der Waals surface area contributed by atoms with Crippen molar-refractivity contribution in [2.24, 2.45) is 0 Å². The van der Waals surface area contributed by atoms with Crippen LogP contribution in [0.25, 0.3) is 0 Å². The van der Waals surface area contributed by atoms with Gasteiger partial charge in [-0.15, -0.1) is 0 Å². The van der Waals surface area contributed by atoms with Gasteiger partial charge < -0.3 is 19.1 Å². The van der Waals surface area contributed by atoms with Gasteiger partial charge in [-0.1, -0.05) is 12.1 Å². The average molecular weight is 397 g/mol. The molecule has 152 valence electrons. The number of likely N-dealkylation sites (N-methyl/N-ethyl adjacent to an activating group) is 1. The summed E-state index contributed by atoms with van der Waals surface area (Å²) in [5.41, 5.74) is 0.551. The van der Waals surface area contributed by atoms with E-state index in [0.29, 0.717) is 28.4 Å². The molecule has 0 spiro atoms. The Balaban J connectivity index is 2.10. The summed E-state index contributed by atoms with van der Waals surface area (Å²) in [7, 11) is 6.06. The van der Waals surface area contributed by atoms with Gasteiger partial charge in [0.15, 0.2) is 11.5 Å². The van der Waals surface area contributed by atoms with Crippen LogP contribution in [0.2, 0.25) is 0 Å². The number of benzene rings is 2. The minimum atomic E-state index is -4.38. The first-order valence-corrected chi connectivity index (χ1v) is 8.38. The van der Waals surface area contributed by atoms with Crippen molar-refractivity contribution in [2.45, 2.75) is 19.1 Å². The first-order valence-electron chi connectivity index (χ1n) is 8.38. The summed E-state index contributed by atoms with van der Waals surface area (Å²) in [4.78, 5) is 14.0. The highest BCUT2D eigenvalue weighted by molar-refractivity contribution is 5.79. The predicted octanol–water partition coefficient (Wildman–Crippen LogP) is 3.93. The number of alkyl halides is 3. The Bertz CT molecular complexity index is 794. The Labute approximate surface area is 161 Å². The van der Waals surface area contributed by atoms with Crippen LogP contribution in [0.4, 0.5) is 13.2 Å². The summed E-state index contributed by atoms with van der Waals surface area (Å²) < 4.78 is 53.7. The second-order valence-corrected chi connectivity index (χ2v) is 6.15. The van der Waals surface area contributed by atoms with Crippen molar-refractivity contribution in [2.75, 3.05) is 28.4 Å². The zero-order valence-corrected chi connectivity index (χ0v) is 16.1. The normalized spacial score (nSPS) is 11.1. The summed E-state index contributed by atoms with van der Waals surface area (Å²) in [5, 5.41) is 0. The fourth-order valence-electron chi connectivity index (χ4n) is 2.71. The Morgan fingerprint density at radius 2 is 1.46 bits per heavy atom. The summed E-state index contributed by atoms with van der Waals surface area (Å²) >= 11 is 0. The van der Waals surface area contributed by atoms with E-state index in [9.17, 15) is 18.0 Å². The number of rotatable bonds is 7. The molecule has 0 saturated carbocycles. The van der Waals surface area contributed by atoms with E-state index in [0.717, 1.165) is 12.1 Å². The van der Waals surface area contributed by atoms with Crippen LogP contribution in [-0.2, 0) is 23.9 Å². The lowest BCUT2D eigenvalue weighted by Crippen LogP contribution is -2.27. The number of nitrogens with zero attached hydrogens (tertiary/aromatic N) is 1. The van der Waals surface area contributed by atoms with Gasteiger partial charge in [-0.05, 0) is 35.4 Å². The lowest BCUT2D eigenvalue weighted by atomic mass is 10.1. The summed E-state index contributed by atoms with van der Waals surface area (Å²) in [6.45, 7) is 0.196. The van der Waals surface area contributed by atoms with E-state index >= 15 is 0 Å². The van der Waals surface area contributed by atoms with Crippen molar-refractivity contribution in [3.05, 3.63) is 53.1 Å². The van der Waals surface area contributed by atoms with E-state index in [1.165, 1.54) is 38.4 Å². The second-order valence-electron chi connectivity index (χ2n) is 6.15. The molecule has 0 aliphatic rings. The lowest BCUT2D eigenvalue weighted by molar-refractivity contribution is -0.137. The number of carbonyl (C=O) groups excluding carboxylic acids is 1. The van der Waals surface area contributed by atoms with Crippen LogP contribution in [0.3, 0.4) is 0 Å². The number of hydrogen-bond acceptors (Lipinski definition) is 4. The Kier molecular flexibility index (Phi) is 6.77. The van der Waals surface area contributed by atoms with Crippen molar-refractivity contribution < 1.29 is 32.2 Å². The predicted molar refractivity (Wildman–Crippen MR) is 97.7 cm³/mol.